The van der Waals surface area contributed by atoms with E-state index >= 15 is 0 Å². The van der Waals surface area contributed by atoms with Crippen LogP contribution in [0.5, 0.6) is 0 Å². The van der Waals surface area contributed by atoms with E-state index in [0.717, 1.165) is 44.4 Å². The van der Waals surface area contributed by atoms with E-state index in [2.05, 4.69) is 24.9 Å². The molecule has 0 radical (unpaired) electrons. The first-order valence-corrected chi connectivity index (χ1v) is 9.37. The molecule has 3 rings (SSSR count). The Morgan fingerprint density at radius 1 is 1.16 bits per heavy atom. The molecule has 3 aromatic rings. The summed E-state index contributed by atoms with van der Waals surface area (Å²) < 4.78 is 3.84. The highest BCUT2D eigenvalue weighted by atomic mass is 32.2. The van der Waals surface area contributed by atoms with Crippen LogP contribution < -0.4 is 5.32 Å². The molecule has 0 fully saturated rings. The van der Waals surface area contributed by atoms with E-state index in [1.54, 1.807) is 0 Å². The number of aryl methyl sites for hydroxylation is 3. The highest BCUT2D eigenvalue weighted by molar-refractivity contribution is 7.99. The van der Waals surface area contributed by atoms with Gasteiger partial charge < -0.3 is 5.32 Å². The van der Waals surface area contributed by atoms with Crippen LogP contribution in [0.1, 0.15) is 33.7 Å². The van der Waals surface area contributed by atoms with Gasteiger partial charge >= 0.3 is 0 Å². The Morgan fingerprint density at radius 3 is 2.48 bits per heavy atom. The van der Waals surface area contributed by atoms with Gasteiger partial charge in [-0.2, -0.15) is 0 Å². The number of carbonyl (C=O) groups is 1. The van der Waals surface area contributed by atoms with Crippen molar-refractivity contribution in [1.29, 1.82) is 0 Å². The Labute approximate surface area is 154 Å². The monoisotopic (exact) mass is 371 g/mol. The van der Waals surface area contributed by atoms with Crippen LogP contribution in [0.25, 0.3) is 0 Å². The van der Waals surface area contributed by atoms with Crippen LogP contribution in [0.3, 0.4) is 0 Å². The van der Waals surface area contributed by atoms with Gasteiger partial charge in [0, 0.05) is 22.0 Å². The van der Waals surface area contributed by atoms with Gasteiger partial charge in [-0.05, 0) is 73.9 Å². The van der Waals surface area contributed by atoms with Crippen molar-refractivity contribution in [2.75, 3.05) is 5.32 Å². The molecular weight excluding hydrogens is 354 g/mol. The Balaban J connectivity index is 1.69. The predicted octanol–water partition coefficient (Wildman–Crippen LogP) is 3.91. The van der Waals surface area contributed by atoms with Gasteiger partial charge in [0.05, 0.1) is 5.69 Å². The first-order valence-electron chi connectivity index (χ1n) is 7.78. The number of nitrogens with zero attached hydrogens (tertiary/aromatic N) is 4. The quantitative estimate of drug-likeness (QED) is 0.685. The molecule has 2 aromatic heterocycles. The molecule has 0 bridgehead atoms. The molecule has 0 aliphatic rings. The van der Waals surface area contributed by atoms with Gasteiger partial charge in [-0.15, -0.1) is 5.10 Å². The molecule has 0 atom stereocenters. The minimum Gasteiger partial charge on any atom is -0.321 e. The van der Waals surface area contributed by atoms with Crippen LogP contribution in [0, 0.1) is 13.8 Å². The van der Waals surface area contributed by atoms with Gasteiger partial charge in [0.25, 0.3) is 5.91 Å². The number of aromatic nitrogens is 4. The lowest BCUT2D eigenvalue weighted by Crippen LogP contribution is -2.12. The van der Waals surface area contributed by atoms with Crippen molar-refractivity contribution in [3.63, 3.8) is 0 Å². The number of amides is 1. The van der Waals surface area contributed by atoms with Gasteiger partial charge in [-0.1, -0.05) is 11.4 Å². The SMILES string of the molecule is CCc1nnsc1C(=O)Nc1ccc(Sc2nc(C)cc(C)n2)cc1. The lowest BCUT2D eigenvalue weighted by atomic mass is 10.2. The molecule has 0 unspecified atom stereocenters. The fourth-order valence-electron chi connectivity index (χ4n) is 2.25. The average Bonchev–Trinajstić information content (AvgIpc) is 3.04. The Bertz CT molecular complexity index is 872. The molecule has 0 saturated heterocycles. The van der Waals surface area contributed by atoms with Gasteiger partial charge in [-0.3, -0.25) is 4.79 Å². The summed E-state index contributed by atoms with van der Waals surface area (Å²) >= 11 is 2.61. The van der Waals surface area contributed by atoms with E-state index in [0.29, 0.717) is 11.3 Å². The van der Waals surface area contributed by atoms with E-state index < -0.39 is 0 Å². The Hall–Kier alpha value is -2.32. The number of nitrogens with one attached hydrogen (secondary N) is 1. The van der Waals surface area contributed by atoms with E-state index in [9.17, 15) is 4.79 Å². The third kappa shape index (κ3) is 4.40. The van der Waals surface area contributed by atoms with Crippen LogP contribution in [0.2, 0.25) is 0 Å². The fourth-order valence-corrected chi connectivity index (χ4v) is 3.76. The molecule has 25 heavy (non-hydrogen) atoms. The smallest absolute Gasteiger partial charge is 0.269 e. The molecule has 2 heterocycles. The number of rotatable bonds is 5. The maximum absolute atomic E-state index is 12.3. The highest BCUT2D eigenvalue weighted by Crippen LogP contribution is 2.26. The first kappa shape index (κ1) is 17.5. The topological polar surface area (TPSA) is 80.7 Å². The first-order chi connectivity index (χ1) is 12.0. The minimum atomic E-state index is -0.176. The van der Waals surface area contributed by atoms with Crippen molar-refractivity contribution < 1.29 is 4.79 Å². The molecule has 0 aliphatic heterocycles. The second-order valence-electron chi connectivity index (χ2n) is 5.42. The maximum Gasteiger partial charge on any atom is 0.269 e. The molecule has 0 aliphatic carbocycles. The number of benzene rings is 1. The molecule has 1 aromatic carbocycles. The zero-order valence-corrected chi connectivity index (χ0v) is 15.7. The second kappa shape index (κ2) is 7.71. The Morgan fingerprint density at radius 2 is 1.84 bits per heavy atom. The predicted molar refractivity (Wildman–Crippen MR) is 99.3 cm³/mol. The lowest BCUT2D eigenvalue weighted by molar-refractivity contribution is 0.102. The average molecular weight is 371 g/mol. The number of hydrogen-bond acceptors (Lipinski definition) is 7. The molecule has 1 N–H and O–H groups in total. The zero-order chi connectivity index (χ0) is 17.8. The summed E-state index contributed by atoms with van der Waals surface area (Å²) in [4.78, 5) is 22.7. The van der Waals surface area contributed by atoms with Gasteiger partial charge in [0.15, 0.2) is 5.16 Å². The summed E-state index contributed by atoms with van der Waals surface area (Å²) in [5.74, 6) is -0.176. The third-order valence-corrected chi connectivity index (χ3v) is 5.02. The van der Waals surface area contributed by atoms with Crippen molar-refractivity contribution in [1.82, 2.24) is 19.6 Å². The van der Waals surface area contributed by atoms with Gasteiger partial charge in [0.2, 0.25) is 0 Å². The second-order valence-corrected chi connectivity index (χ2v) is 7.21. The van der Waals surface area contributed by atoms with E-state index in [4.69, 9.17) is 0 Å². The van der Waals surface area contributed by atoms with E-state index in [-0.39, 0.29) is 5.91 Å². The summed E-state index contributed by atoms with van der Waals surface area (Å²) in [7, 11) is 0. The van der Waals surface area contributed by atoms with Crippen LogP contribution in [0.15, 0.2) is 40.4 Å². The van der Waals surface area contributed by atoms with Crippen molar-refractivity contribution in [2.24, 2.45) is 0 Å². The van der Waals surface area contributed by atoms with Crippen LogP contribution in [-0.4, -0.2) is 25.5 Å². The van der Waals surface area contributed by atoms with Crippen LogP contribution in [0.4, 0.5) is 5.69 Å². The summed E-state index contributed by atoms with van der Waals surface area (Å²) in [6.07, 6.45) is 0.685. The standard InChI is InChI=1S/C17H17N5OS2/c1-4-14-15(25-22-21-14)16(23)20-12-5-7-13(8-6-12)24-17-18-10(2)9-11(3)19-17/h5-9H,4H2,1-3H3,(H,20,23). The fraction of sp³-hybridized carbons (Fsp3) is 0.235. The van der Waals surface area contributed by atoms with E-state index in [1.165, 1.54) is 11.8 Å². The molecule has 1 amide bonds. The molecule has 8 heteroatoms. The van der Waals surface area contributed by atoms with Gasteiger partial charge in [0.1, 0.15) is 4.88 Å². The molecule has 6 nitrogen and oxygen atoms in total. The molecule has 128 valence electrons. The van der Waals surface area contributed by atoms with Gasteiger partial charge in [-0.25, -0.2) is 9.97 Å². The number of anilines is 1. The summed E-state index contributed by atoms with van der Waals surface area (Å²) in [5.41, 5.74) is 3.35. The normalized spacial score (nSPS) is 10.7. The summed E-state index contributed by atoms with van der Waals surface area (Å²) in [6.45, 7) is 5.86. The van der Waals surface area contributed by atoms with Crippen molar-refractivity contribution in [3.8, 4) is 0 Å². The minimum absolute atomic E-state index is 0.176. The van der Waals surface area contributed by atoms with Crippen molar-refractivity contribution >= 4 is 34.9 Å². The lowest BCUT2D eigenvalue weighted by Gasteiger charge is -2.06. The third-order valence-electron chi connectivity index (χ3n) is 3.38. The highest BCUT2D eigenvalue weighted by Gasteiger charge is 2.15. The van der Waals surface area contributed by atoms with E-state index in [1.807, 2.05) is 51.1 Å². The molecule has 0 spiro atoms. The number of hydrogen-bond donors (Lipinski definition) is 1. The zero-order valence-electron chi connectivity index (χ0n) is 14.1. The molecular formula is C17H17N5OS2. The molecule has 0 saturated carbocycles. The maximum atomic E-state index is 12.3. The number of carbonyl (C=O) groups excluding carboxylic acids is 1. The Kier molecular flexibility index (Phi) is 5.40. The summed E-state index contributed by atoms with van der Waals surface area (Å²) in [6, 6.07) is 9.55. The van der Waals surface area contributed by atoms with Crippen LogP contribution in [-0.2, 0) is 6.42 Å². The largest absolute Gasteiger partial charge is 0.321 e. The van der Waals surface area contributed by atoms with Crippen molar-refractivity contribution in [2.45, 2.75) is 37.2 Å². The summed E-state index contributed by atoms with van der Waals surface area (Å²) in [5, 5.41) is 7.56. The van der Waals surface area contributed by atoms with Crippen LogP contribution >= 0.6 is 23.3 Å². The van der Waals surface area contributed by atoms with Crippen molar-refractivity contribution in [3.05, 3.63) is 52.3 Å².